The second-order valence-electron chi connectivity index (χ2n) is 8.41. The number of aromatic nitrogens is 7. The van der Waals surface area contributed by atoms with Gasteiger partial charge >= 0.3 is 5.69 Å². The Balaban J connectivity index is 1.57. The van der Waals surface area contributed by atoms with Crippen LogP contribution in [0.2, 0.25) is 0 Å². The van der Waals surface area contributed by atoms with Gasteiger partial charge in [0.1, 0.15) is 22.7 Å². The number of Topliss-reactive ketones (excluding diaryl/α,β-unsaturated/α-hetero) is 1. The number of rotatable bonds is 9. The lowest BCUT2D eigenvalue weighted by molar-refractivity contribution is -0.119. The van der Waals surface area contributed by atoms with E-state index in [1.54, 1.807) is 24.7 Å². The zero-order chi connectivity index (χ0) is 26.9. The molecule has 4 heterocycles. The standard InChI is InChI=1S/C23H27N9O4S/c1-6-30(7-2)22-24-8-15(9-25-22)20-28-16(11-37-20)27-19(34)14(4)32-12-26-18-17(32)21(35)31(10-13(3)33)23(36)29(18)5/h8-9,11-12,14H,6-7,10H2,1-5H3,(H,27,34)/t14-/m0/s1. The van der Waals surface area contributed by atoms with Gasteiger partial charge < -0.3 is 14.8 Å². The molecule has 1 amide bonds. The van der Waals surface area contributed by atoms with Gasteiger partial charge in [-0.05, 0) is 27.7 Å². The number of carbonyl (C=O) groups is 2. The van der Waals surface area contributed by atoms with Gasteiger partial charge in [0, 0.05) is 43.5 Å². The molecule has 0 bridgehead atoms. The minimum Gasteiger partial charge on any atom is -0.341 e. The lowest BCUT2D eigenvalue weighted by Gasteiger charge is -2.17. The highest BCUT2D eigenvalue weighted by molar-refractivity contribution is 7.13. The van der Waals surface area contributed by atoms with Crippen molar-refractivity contribution < 1.29 is 9.59 Å². The van der Waals surface area contributed by atoms with Crippen LogP contribution in [0.4, 0.5) is 11.8 Å². The van der Waals surface area contributed by atoms with E-state index in [-0.39, 0.29) is 23.5 Å². The maximum absolute atomic E-state index is 13.1. The maximum Gasteiger partial charge on any atom is 0.332 e. The van der Waals surface area contributed by atoms with Gasteiger partial charge in [0.2, 0.25) is 11.9 Å². The quantitative estimate of drug-likeness (QED) is 0.342. The van der Waals surface area contributed by atoms with Gasteiger partial charge in [-0.3, -0.25) is 23.5 Å². The first-order chi connectivity index (χ1) is 17.7. The summed E-state index contributed by atoms with van der Waals surface area (Å²) in [6.07, 6.45) is 4.72. The molecule has 0 fully saturated rings. The van der Waals surface area contributed by atoms with E-state index in [9.17, 15) is 19.2 Å². The van der Waals surface area contributed by atoms with Crippen molar-refractivity contribution in [3.8, 4) is 10.6 Å². The zero-order valence-electron chi connectivity index (χ0n) is 21.1. The second-order valence-corrected chi connectivity index (χ2v) is 9.26. The van der Waals surface area contributed by atoms with Crippen LogP contribution in [0.5, 0.6) is 0 Å². The number of amides is 1. The smallest absolute Gasteiger partial charge is 0.332 e. The van der Waals surface area contributed by atoms with Crippen molar-refractivity contribution in [3.05, 3.63) is 44.9 Å². The fraction of sp³-hybridized carbons (Fsp3) is 0.391. The molecule has 0 aliphatic carbocycles. The number of nitrogens with zero attached hydrogens (tertiary/aromatic N) is 8. The van der Waals surface area contributed by atoms with E-state index >= 15 is 0 Å². The summed E-state index contributed by atoms with van der Waals surface area (Å²) in [5.74, 6) is 0.203. The Bertz CT molecular complexity index is 1580. The predicted octanol–water partition coefficient (Wildman–Crippen LogP) is 1.45. The Hall–Kier alpha value is -4.20. The molecule has 0 spiro atoms. The first-order valence-electron chi connectivity index (χ1n) is 11.7. The van der Waals surface area contributed by atoms with Gasteiger partial charge in [0.15, 0.2) is 11.2 Å². The number of thiazole rings is 1. The van der Waals surface area contributed by atoms with Crippen LogP contribution in [-0.2, 0) is 23.2 Å². The lowest BCUT2D eigenvalue weighted by atomic mass is 10.3. The number of hydrogen-bond donors (Lipinski definition) is 1. The summed E-state index contributed by atoms with van der Waals surface area (Å²) < 4.78 is 3.41. The molecule has 0 saturated carbocycles. The van der Waals surface area contributed by atoms with Crippen molar-refractivity contribution in [3.63, 3.8) is 0 Å². The van der Waals surface area contributed by atoms with Crippen molar-refractivity contribution in [2.45, 2.75) is 40.3 Å². The van der Waals surface area contributed by atoms with Crippen LogP contribution in [0, 0.1) is 0 Å². The molecule has 1 N–H and O–H groups in total. The molecule has 4 aromatic heterocycles. The third-order valence-electron chi connectivity index (χ3n) is 5.92. The van der Waals surface area contributed by atoms with Crippen LogP contribution in [-0.4, -0.2) is 58.4 Å². The number of imidazole rings is 1. The topological polar surface area (TPSA) is 150 Å². The molecule has 4 aromatic rings. The molecule has 4 rings (SSSR count). The first kappa shape index (κ1) is 25.9. The Morgan fingerprint density at radius 1 is 1.14 bits per heavy atom. The summed E-state index contributed by atoms with van der Waals surface area (Å²) >= 11 is 1.33. The van der Waals surface area contributed by atoms with Crippen molar-refractivity contribution in [1.29, 1.82) is 0 Å². The molecular formula is C23H27N9O4S. The minimum atomic E-state index is -0.859. The molecule has 0 aromatic carbocycles. The van der Waals surface area contributed by atoms with E-state index in [0.29, 0.717) is 16.8 Å². The van der Waals surface area contributed by atoms with Crippen LogP contribution < -0.4 is 21.5 Å². The summed E-state index contributed by atoms with van der Waals surface area (Å²) in [6.45, 7) is 8.19. The van der Waals surface area contributed by atoms with Crippen LogP contribution in [0.1, 0.15) is 33.7 Å². The van der Waals surface area contributed by atoms with E-state index in [0.717, 1.165) is 23.2 Å². The van der Waals surface area contributed by atoms with Crippen LogP contribution in [0.25, 0.3) is 21.7 Å². The van der Waals surface area contributed by atoms with Gasteiger partial charge in [0.05, 0.1) is 12.9 Å². The number of hydrogen-bond acceptors (Lipinski definition) is 10. The monoisotopic (exact) mass is 525 g/mol. The van der Waals surface area contributed by atoms with Crippen molar-refractivity contribution in [2.24, 2.45) is 7.05 Å². The van der Waals surface area contributed by atoms with Crippen molar-refractivity contribution >= 4 is 46.0 Å². The van der Waals surface area contributed by atoms with E-state index in [1.807, 2.05) is 18.7 Å². The van der Waals surface area contributed by atoms with Crippen molar-refractivity contribution in [1.82, 2.24) is 33.6 Å². The van der Waals surface area contributed by atoms with Gasteiger partial charge in [0.25, 0.3) is 5.56 Å². The van der Waals surface area contributed by atoms with Gasteiger partial charge in [-0.1, -0.05) is 0 Å². The molecule has 13 nitrogen and oxygen atoms in total. The lowest BCUT2D eigenvalue weighted by Crippen LogP contribution is -2.41. The fourth-order valence-electron chi connectivity index (χ4n) is 3.87. The number of ketones is 1. The third-order valence-corrected chi connectivity index (χ3v) is 6.81. The summed E-state index contributed by atoms with van der Waals surface area (Å²) in [6, 6.07) is -0.859. The van der Waals surface area contributed by atoms with Gasteiger partial charge in [-0.25, -0.2) is 24.7 Å². The molecular weight excluding hydrogens is 498 g/mol. The molecule has 0 saturated heterocycles. The second kappa shape index (κ2) is 10.4. The minimum absolute atomic E-state index is 0.0513. The Morgan fingerprint density at radius 2 is 1.81 bits per heavy atom. The Labute approximate surface area is 215 Å². The van der Waals surface area contributed by atoms with E-state index in [1.165, 1.54) is 40.8 Å². The highest BCUT2D eigenvalue weighted by Crippen LogP contribution is 2.26. The number of aryl methyl sites for hydroxylation is 1. The van der Waals surface area contributed by atoms with Crippen LogP contribution in [0.15, 0.2) is 33.7 Å². The molecule has 37 heavy (non-hydrogen) atoms. The number of carbonyl (C=O) groups excluding carboxylic acids is 2. The highest BCUT2D eigenvalue weighted by Gasteiger charge is 2.23. The van der Waals surface area contributed by atoms with Crippen molar-refractivity contribution in [2.75, 3.05) is 23.3 Å². The fourth-order valence-corrected chi connectivity index (χ4v) is 4.59. The average molecular weight is 526 g/mol. The number of anilines is 2. The Morgan fingerprint density at radius 3 is 2.43 bits per heavy atom. The van der Waals surface area contributed by atoms with Crippen LogP contribution >= 0.6 is 11.3 Å². The maximum atomic E-state index is 13.1. The third kappa shape index (κ3) is 4.91. The number of nitrogens with one attached hydrogen (secondary N) is 1. The molecule has 0 aliphatic heterocycles. The molecule has 0 unspecified atom stereocenters. The molecule has 194 valence electrons. The van der Waals surface area contributed by atoms with E-state index < -0.39 is 23.2 Å². The van der Waals surface area contributed by atoms with Gasteiger partial charge in [-0.2, -0.15) is 0 Å². The summed E-state index contributed by atoms with van der Waals surface area (Å²) in [4.78, 5) is 69.7. The van der Waals surface area contributed by atoms with E-state index in [2.05, 4.69) is 25.3 Å². The molecule has 0 aliphatic rings. The molecule has 0 radical (unpaired) electrons. The largest absolute Gasteiger partial charge is 0.341 e. The summed E-state index contributed by atoms with van der Waals surface area (Å²) in [5.41, 5.74) is -0.440. The highest BCUT2D eigenvalue weighted by atomic mass is 32.1. The summed E-state index contributed by atoms with van der Waals surface area (Å²) in [7, 11) is 1.46. The van der Waals surface area contributed by atoms with Gasteiger partial charge in [-0.15, -0.1) is 11.3 Å². The zero-order valence-corrected chi connectivity index (χ0v) is 21.9. The number of fused-ring (bicyclic) bond motifs is 1. The first-order valence-corrected chi connectivity index (χ1v) is 12.5. The molecule has 14 heteroatoms. The van der Waals surface area contributed by atoms with Crippen LogP contribution in [0.3, 0.4) is 0 Å². The molecule has 1 atom stereocenters. The Kier molecular flexibility index (Phi) is 7.29. The summed E-state index contributed by atoms with van der Waals surface area (Å²) in [5, 5.41) is 5.10. The SMILES string of the molecule is CCN(CC)c1ncc(-c2nc(NC(=O)[C@H](C)n3cnc4c3c(=O)n(CC(C)=O)c(=O)n4C)cs2)cn1. The average Bonchev–Trinajstić information content (AvgIpc) is 3.53. The van der Waals surface area contributed by atoms with E-state index in [4.69, 9.17) is 0 Å². The normalized spacial score (nSPS) is 12.0. The predicted molar refractivity (Wildman–Crippen MR) is 140 cm³/mol.